The topological polar surface area (TPSA) is 68.0 Å². The Bertz CT molecular complexity index is 648. The highest BCUT2D eigenvalue weighted by atomic mass is 79.9. The van der Waals surface area contributed by atoms with Crippen LogP contribution in [0.5, 0.6) is 0 Å². The Balaban J connectivity index is 1.50. The molecule has 0 bridgehead atoms. The first-order valence-electron chi connectivity index (χ1n) is 8.08. The maximum atomic E-state index is 12.0. The third kappa shape index (κ3) is 4.64. The molecule has 1 amide bonds. The Morgan fingerprint density at radius 3 is 2.70 bits per heavy atom. The first kappa shape index (κ1) is 16.2. The molecule has 0 spiro atoms. The van der Waals surface area contributed by atoms with Crippen molar-refractivity contribution >= 4 is 21.8 Å². The molecule has 2 aromatic rings. The summed E-state index contributed by atoms with van der Waals surface area (Å²) in [4.78, 5) is 16.3. The van der Waals surface area contributed by atoms with Crippen LogP contribution in [0, 0.1) is 0 Å². The maximum absolute atomic E-state index is 12.0. The molecule has 0 aliphatic heterocycles. The number of rotatable bonds is 5. The zero-order valence-electron chi connectivity index (χ0n) is 12.9. The second-order valence-electron chi connectivity index (χ2n) is 5.92. The lowest BCUT2D eigenvalue weighted by Crippen LogP contribution is -2.36. The zero-order chi connectivity index (χ0) is 16.1. The van der Waals surface area contributed by atoms with E-state index in [1.165, 1.54) is 19.3 Å². The number of nitrogens with zero attached hydrogens (tertiary/aromatic N) is 2. The highest BCUT2D eigenvalue weighted by Crippen LogP contribution is 2.20. The number of hydrogen-bond donors (Lipinski definition) is 1. The van der Waals surface area contributed by atoms with Crippen LogP contribution in [-0.4, -0.2) is 22.1 Å². The lowest BCUT2D eigenvalue weighted by molar-refractivity contribution is -0.122. The SMILES string of the molecule is O=C(CCc1nc(-c2ccc(Br)cc2)no1)NC1CCCCC1. The summed E-state index contributed by atoms with van der Waals surface area (Å²) in [5.74, 6) is 1.13. The highest BCUT2D eigenvalue weighted by molar-refractivity contribution is 9.10. The summed E-state index contributed by atoms with van der Waals surface area (Å²) >= 11 is 3.40. The first-order valence-corrected chi connectivity index (χ1v) is 8.88. The van der Waals surface area contributed by atoms with Crippen LogP contribution in [0.2, 0.25) is 0 Å². The van der Waals surface area contributed by atoms with Gasteiger partial charge in [-0.25, -0.2) is 0 Å². The van der Waals surface area contributed by atoms with Gasteiger partial charge in [-0.3, -0.25) is 4.79 Å². The van der Waals surface area contributed by atoms with Crippen LogP contribution < -0.4 is 5.32 Å². The van der Waals surface area contributed by atoms with Crippen molar-refractivity contribution in [1.82, 2.24) is 15.5 Å². The Morgan fingerprint density at radius 1 is 1.22 bits per heavy atom. The molecule has 0 unspecified atom stereocenters. The van der Waals surface area contributed by atoms with Crippen LogP contribution >= 0.6 is 15.9 Å². The summed E-state index contributed by atoms with van der Waals surface area (Å²) < 4.78 is 6.24. The monoisotopic (exact) mass is 377 g/mol. The minimum Gasteiger partial charge on any atom is -0.353 e. The van der Waals surface area contributed by atoms with Gasteiger partial charge in [0, 0.05) is 28.9 Å². The zero-order valence-corrected chi connectivity index (χ0v) is 14.5. The minimum atomic E-state index is 0.0697. The quantitative estimate of drug-likeness (QED) is 0.858. The normalized spacial score (nSPS) is 15.5. The number of benzene rings is 1. The lowest BCUT2D eigenvalue weighted by Gasteiger charge is -2.22. The summed E-state index contributed by atoms with van der Waals surface area (Å²) in [7, 11) is 0. The fourth-order valence-corrected chi connectivity index (χ4v) is 3.10. The number of aromatic nitrogens is 2. The molecule has 1 N–H and O–H groups in total. The van der Waals surface area contributed by atoms with Gasteiger partial charge in [0.1, 0.15) is 0 Å². The average Bonchev–Trinajstić information content (AvgIpc) is 3.04. The largest absolute Gasteiger partial charge is 0.353 e. The molecule has 1 aliphatic carbocycles. The van der Waals surface area contributed by atoms with E-state index in [1.54, 1.807) is 0 Å². The summed E-state index contributed by atoms with van der Waals surface area (Å²) in [5.41, 5.74) is 0.898. The molecule has 1 saturated carbocycles. The van der Waals surface area contributed by atoms with Gasteiger partial charge in [-0.2, -0.15) is 4.98 Å². The van der Waals surface area contributed by atoms with Crippen molar-refractivity contribution in [2.75, 3.05) is 0 Å². The number of carbonyl (C=O) groups is 1. The van der Waals surface area contributed by atoms with Crippen LogP contribution in [-0.2, 0) is 11.2 Å². The van der Waals surface area contributed by atoms with E-state index in [9.17, 15) is 4.79 Å². The summed E-state index contributed by atoms with van der Waals surface area (Å²) in [6, 6.07) is 8.06. The van der Waals surface area contributed by atoms with Gasteiger partial charge < -0.3 is 9.84 Å². The Hall–Kier alpha value is -1.69. The molecule has 0 radical (unpaired) electrons. The lowest BCUT2D eigenvalue weighted by atomic mass is 9.95. The van der Waals surface area contributed by atoms with Gasteiger partial charge in [-0.15, -0.1) is 0 Å². The first-order chi connectivity index (χ1) is 11.2. The second-order valence-corrected chi connectivity index (χ2v) is 6.84. The van der Waals surface area contributed by atoms with E-state index in [2.05, 4.69) is 31.4 Å². The van der Waals surface area contributed by atoms with Gasteiger partial charge in [-0.1, -0.05) is 40.3 Å². The van der Waals surface area contributed by atoms with Crippen molar-refractivity contribution in [3.05, 3.63) is 34.6 Å². The van der Waals surface area contributed by atoms with Crippen LogP contribution in [0.15, 0.2) is 33.3 Å². The molecule has 3 rings (SSSR count). The second kappa shape index (κ2) is 7.73. The molecule has 5 nitrogen and oxygen atoms in total. The molecule has 1 heterocycles. The van der Waals surface area contributed by atoms with Crippen molar-refractivity contribution in [3.63, 3.8) is 0 Å². The molecule has 23 heavy (non-hydrogen) atoms. The van der Waals surface area contributed by atoms with Crippen molar-refractivity contribution in [2.24, 2.45) is 0 Å². The summed E-state index contributed by atoms with van der Waals surface area (Å²) in [5, 5.41) is 7.08. The fraction of sp³-hybridized carbons (Fsp3) is 0.471. The van der Waals surface area contributed by atoms with Gasteiger partial charge in [0.15, 0.2) is 0 Å². The smallest absolute Gasteiger partial charge is 0.227 e. The molecule has 1 aliphatic rings. The molecule has 6 heteroatoms. The van der Waals surface area contributed by atoms with Crippen molar-refractivity contribution in [3.8, 4) is 11.4 Å². The summed E-state index contributed by atoms with van der Waals surface area (Å²) in [6.45, 7) is 0. The molecule has 1 aromatic carbocycles. The van der Waals surface area contributed by atoms with E-state index < -0.39 is 0 Å². The van der Waals surface area contributed by atoms with E-state index in [4.69, 9.17) is 4.52 Å². The average molecular weight is 378 g/mol. The van der Waals surface area contributed by atoms with Gasteiger partial charge >= 0.3 is 0 Å². The fourth-order valence-electron chi connectivity index (χ4n) is 2.84. The Labute approximate surface area is 144 Å². The standard InChI is InChI=1S/C17H20BrN3O2/c18-13-8-6-12(7-9-13)17-20-16(23-21-17)11-10-15(22)19-14-4-2-1-3-5-14/h6-9,14H,1-5,10-11H2,(H,19,22). The Kier molecular flexibility index (Phi) is 5.43. The van der Waals surface area contributed by atoms with Crippen molar-refractivity contribution in [2.45, 2.75) is 51.0 Å². The van der Waals surface area contributed by atoms with E-state index in [0.29, 0.717) is 30.6 Å². The molecule has 122 valence electrons. The van der Waals surface area contributed by atoms with E-state index in [0.717, 1.165) is 22.9 Å². The minimum absolute atomic E-state index is 0.0697. The van der Waals surface area contributed by atoms with E-state index >= 15 is 0 Å². The maximum Gasteiger partial charge on any atom is 0.227 e. The molecule has 0 atom stereocenters. The number of hydrogen-bond acceptors (Lipinski definition) is 4. The van der Waals surface area contributed by atoms with Crippen LogP contribution in [0.25, 0.3) is 11.4 Å². The molecule has 1 fully saturated rings. The predicted molar refractivity (Wildman–Crippen MR) is 90.8 cm³/mol. The number of halogens is 1. The van der Waals surface area contributed by atoms with Gasteiger partial charge in [0.05, 0.1) is 0 Å². The highest BCUT2D eigenvalue weighted by Gasteiger charge is 2.16. The predicted octanol–water partition coefficient (Wildman–Crippen LogP) is 3.88. The number of amides is 1. The molecular formula is C17H20BrN3O2. The molecule has 1 aromatic heterocycles. The van der Waals surface area contributed by atoms with Gasteiger partial charge in [-0.05, 0) is 37.1 Å². The number of carbonyl (C=O) groups excluding carboxylic acids is 1. The van der Waals surface area contributed by atoms with Gasteiger partial charge in [0.25, 0.3) is 0 Å². The van der Waals surface area contributed by atoms with E-state index in [-0.39, 0.29) is 5.91 Å². The summed E-state index contributed by atoms with van der Waals surface area (Å²) in [6.07, 6.45) is 6.77. The molecule has 0 saturated heterocycles. The van der Waals surface area contributed by atoms with Gasteiger partial charge in [0.2, 0.25) is 17.6 Å². The van der Waals surface area contributed by atoms with Crippen LogP contribution in [0.3, 0.4) is 0 Å². The Morgan fingerprint density at radius 2 is 1.96 bits per heavy atom. The third-order valence-electron chi connectivity index (χ3n) is 4.11. The third-order valence-corrected chi connectivity index (χ3v) is 4.64. The number of aryl methyl sites for hydroxylation is 1. The molecular weight excluding hydrogens is 358 g/mol. The van der Waals surface area contributed by atoms with Crippen molar-refractivity contribution < 1.29 is 9.32 Å². The van der Waals surface area contributed by atoms with E-state index in [1.807, 2.05) is 24.3 Å². The van der Waals surface area contributed by atoms with Crippen molar-refractivity contribution in [1.29, 1.82) is 0 Å². The van der Waals surface area contributed by atoms with Crippen LogP contribution in [0.4, 0.5) is 0 Å². The number of nitrogens with one attached hydrogen (secondary N) is 1. The van der Waals surface area contributed by atoms with Crippen LogP contribution in [0.1, 0.15) is 44.4 Å².